The van der Waals surface area contributed by atoms with Crippen LogP contribution in [-0.4, -0.2) is 33.7 Å². The van der Waals surface area contributed by atoms with E-state index in [4.69, 9.17) is 14.0 Å². The van der Waals surface area contributed by atoms with Gasteiger partial charge in [-0.1, -0.05) is 5.16 Å². The highest BCUT2D eigenvalue weighted by molar-refractivity contribution is 7.90. The van der Waals surface area contributed by atoms with E-state index >= 15 is 0 Å². The minimum absolute atomic E-state index is 0.0791. The molecule has 1 heterocycles. The van der Waals surface area contributed by atoms with Gasteiger partial charge in [0.25, 0.3) is 15.9 Å². The predicted octanol–water partition coefficient (Wildman–Crippen LogP) is 1.43. The van der Waals surface area contributed by atoms with Crippen LogP contribution in [0.2, 0.25) is 0 Å². The average molecular weight is 340 g/mol. The minimum Gasteiger partial charge on any atom is -0.497 e. The number of carbonyl (C=O) groups excluding carboxylic acids is 1. The molecule has 0 atom stereocenters. The number of hydrogen-bond acceptors (Lipinski definition) is 7. The summed E-state index contributed by atoms with van der Waals surface area (Å²) in [6, 6.07) is 4.25. The topological polar surface area (TPSA) is 108 Å². The number of hydrogen-bond donors (Lipinski definition) is 1. The highest BCUT2D eigenvalue weighted by atomic mass is 32.2. The number of aryl methyl sites for hydroxylation is 2. The molecule has 9 heteroatoms. The zero-order valence-corrected chi connectivity index (χ0v) is 13.9. The van der Waals surface area contributed by atoms with E-state index in [2.05, 4.69) is 5.16 Å². The summed E-state index contributed by atoms with van der Waals surface area (Å²) in [5.74, 6) is -0.195. The van der Waals surface area contributed by atoms with Crippen LogP contribution in [0.15, 0.2) is 27.6 Å². The van der Waals surface area contributed by atoms with Gasteiger partial charge < -0.3 is 14.0 Å². The number of sulfonamides is 1. The quantitative estimate of drug-likeness (QED) is 0.877. The van der Waals surface area contributed by atoms with Gasteiger partial charge in [0.1, 0.15) is 27.7 Å². The van der Waals surface area contributed by atoms with E-state index in [1.165, 1.54) is 33.3 Å². The Morgan fingerprint density at radius 3 is 2.43 bits per heavy atom. The van der Waals surface area contributed by atoms with Crippen molar-refractivity contribution in [1.29, 1.82) is 0 Å². The lowest BCUT2D eigenvalue weighted by molar-refractivity contribution is 0.0979. The van der Waals surface area contributed by atoms with Gasteiger partial charge in [0.05, 0.1) is 19.9 Å². The van der Waals surface area contributed by atoms with Crippen LogP contribution in [0.1, 0.15) is 21.8 Å². The van der Waals surface area contributed by atoms with E-state index < -0.39 is 15.9 Å². The maximum absolute atomic E-state index is 12.5. The Labute approximate surface area is 133 Å². The predicted molar refractivity (Wildman–Crippen MR) is 80.2 cm³/mol. The fourth-order valence-corrected chi connectivity index (χ4v) is 3.17. The lowest BCUT2D eigenvalue weighted by Gasteiger charge is -2.12. The molecule has 8 nitrogen and oxygen atoms in total. The van der Waals surface area contributed by atoms with E-state index in [-0.39, 0.29) is 22.0 Å². The van der Waals surface area contributed by atoms with Gasteiger partial charge in [-0.3, -0.25) is 4.79 Å². The first-order valence-electron chi connectivity index (χ1n) is 6.52. The summed E-state index contributed by atoms with van der Waals surface area (Å²) in [6.07, 6.45) is 0. The Morgan fingerprint density at radius 1 is 1.22 bits per heavy atom. The largest absolute Gasteiger partial charge is 0.497 e. The lowest BCUT2D eigenvalue weighted by atomic mass is 10.2. The molecule has 1 aromatic carbocycles. The van der Waals surface area contributed by atoms with Crippen LogP contribution >= 0.6 is 0 Å². The molecule has 0 aliphatic carbocycles. The highest BCUT2D eigenvalue weighted by Gasteiger charge is 2.26. The van der Waals surface area contributed by atoms with Gasteiger partial charge in [0.15, 0.2) is 0 Å². The number of amides is 1. The Hall–Kier alpha value is -2.55. The zero-order chi connectivity index (χ0) is 17.2. The number of carbonyl (C=O) groups is 1. The molecule has 0 unspecified atom stereocenters. The van der Waals surface area contributed by atoms with Crippen LogP contribution in [-0.2, 0) is 10.0 Å². The summed E-state index contributed by atoms with van der Waals surface area (Å²) in [6.45, 7) is 3.07. The third-order valence-corrected chi connectivity index (χ3v) is 4.50. The Morgan fingerprint density at radius 2 is 1.91 bits per heavy atom. The van der Waals surface area contributed by atoms with Crippen molar-refractivity contribution < 1.29 is 27.2 Å². The van der Waals surface area contributed by atoms with Crippen LogP contribution in [0.25, 0.3) is 0 Å². The molecular formula is C14H16N2O6S. The summed E-state index contributed by atoms with van der Waals surface area (Å²) in [5.41, 5.74) is 0.378. The summed E-state index contributed by atoms with van der Waals surface area (Å²) in [5, 5.41) is 3.63. The second kappa shape index (κ2) is 6.29. The van der Waals surface area contributed by atoms with Gasteiger partial charge in [-0.15, -0.1) is 0 Å². The molecular weight excluding hydrogens is 324 g/mol. The number of aromatic nitrogens is 1. The fourth-order valence-electron chi connectivity index (χ4n) is 2.03. The minimum atomic E-state index is -4.17. The summed E-state index contributed by atoms with van der Waals surface area (Å²) < 4.78 is 41.9. The van der Waals surface area contributed by atoms with Gasteiger partial charge in [-0.05, 0) is 26.0 Å². The van der Waals surface area contributed by atoms with Gasteiger partial charge in [-0.2, -0.15) is 0 Å². The first kappa shape index (κ1) is 16.8. The van der Waals surface area contributed by atoms with Gasteiger partial charge in [0.2, 0.25) is 0 Å². The number of methoxy groups -OCH3 is 2. The third kappa shape index (κ3) is 3.29. The summed E-state index contributed by atoms with van der Waals surface area (Å²) in [7, 11) is -1.43. The SMILES string of the molecule is COc1ccc(OC)c(S(=O)(=O)NC(=O)c2c(C)noc2C)c1. The van der Waals surface area contributed by atoms with Crippen molar-refractivity contribution >= 4 is 15.9 Å². The molecule has 1 amide bonds. The number of ether oxygens (including phenoxy) is 2. The summed E-state index contributed by atoms with van der Waals surface area (Å²) >= 11 is 0. The number of nitrogens with zero attached hydrogens (tertiary/aromatic N) is 1. The molecule has 1 aromatic heterocycles. The van der Waals surface area contributed by atoms with Crippen LogP contribution in [0.4, 0.5) is 0 Å². The molecule has 2 rings (SSSR count). The van der Waals surface area contributed by atoms with Crippen molar-refractivity contribution in [2.45, 2.75) is 18.7 Å². The molecule has 2 aromatic rings. The van der Waals surface area contributed by atoms with Crippen LogP contribution in [0.3, 0.4) is 0 Å². The zero-order valence-electron chi connectivity index (χ0n) is 13.0. The van der Waals surface area contributed by atoms with E-state index in [0.29, 0.717) is 11.4 Å². The first-order valence-corrected chi connectivity index (χ1v) is 8.00. The molecule has 0 saturated heterocycles. The molecule has 0 bridgehead atoms. The monoisotopic (exact) mass is 340 g/mol. The molecule has 1 N–H and O–H groups in total. The standard InChI is InChI=1S/C14H16N2O6S/c1-8-13(9(2)22-15-8)14(17)16-23(18,19)12-7-10(20-3)5-6-11(12)21-4/h5-7H,1-4H3,(H,16,17). The lowest BCUT2D eigenvalue weighted by Crippen LogP contribution is -2.31. The molecule has 0 aliphatic rings. The molecule has 0 saturated carbocycles. The smallest absolute Gasteiger partial charge is 0.270 e. The van der Waals surface area contributed by atoms with E-state index in [0.717, 1.165) is 0 Å². The Balaban J connectivity index is 2.41. The molecule has 0 spiro atoms. The summed E-state index contributed by atoms with van der Waals surface area (Å²) in [4.78, 5) is 12.0. The molecule has 124 valence electrons. The number of benzene rings is 1. The fraction of sp³-hybridized carbons (Fsp3) is 0.286. The molecule has 23 heavy (non-hydrogen) atoms. The van der Waals surface area contributed by atoms with Crippen molar-refractivity contribution in [2.24, 2.45) is 0 Å². The number of rotatable bonds is 5. The maximum Gasteiger partial charge on any atom is 0.270 e. The van der Waals surface area contributed by atoms with Crippen LogP contribution in [0.5, 0.6) is 11.5 Å². The van der Waals surface area contributed by atoms with Crippen LogP contribution in [0, 0.1) is 13.8 Å². The average Bonchev–Trinajstić information content (AvgIpc) is 2.85. The molecule has 0 aliphatic heterocycles. The molecule has 0 fully saturated rings. The van der Waals surface area contributed by atoms with E-state index in [9.17, 15) is 13.2 Å². The molecule has 0 radical (unpaired) electrons. The van der Waals surface area contributed by atoms with Crippen molar-refractivity contribution in [3.8, 4) is 11.5 Å². The first-order chi connectivity index (χ1) is 10.8. The Bertz CT molecular complexity index is 821. The highest BCUT2D eigenvalue weighted by Crippen LogP contribution is 2.28. The van der Waals surface area contributed by atoms with Gasteiger partial charge in [0, 0.05) is 6.07 Å². The normalized spacial score (nSPS) is 11.1. The second-order valence-electron chi connectivity index (χ2n) is 4.65. The second-order valence-corrected chi connectivity index (χ2v) is 6.30. The van der Waals surface area contributed by atoms with E-state index in [1.807, 2.05) is 4.72 Å². The van der Waals surface area contributed by atoms with Crippen molar-refractivity contribution in [1.82, 2.24) is 9.88 Å². The maximum atomic E-state index is 12.5. The third-order valence-electron chi connectivity index (χ3n) is 3.15. The van der Waals surface area contributed by atoms with Crippen molar-refractivity contribution in [3.63, 3.8) is 0 Å². The van der Waals surface area contributed by atoms with Crippen molar-refractivity contribution in [3.05, 3.63) is 35.2 Å². The Kier molecular flexibility index (Phi) is 4.60. The van der Waals surface area contributed by atoms with Gasteiger partial charge >= 0.3 is 0 Å². The van der Waals surface area contributed by atoms with Crippen LogP contribution < -0.4 is 14.2 Å². The number of nitrogens with one attached hydrogen (secondary N) is 1. The van der Waals surface area contributed by atoms with E-state index in [1.54, 1.807) is 13.0 Å². The van der Waals surface area contributed by atoms with Gasteiger partial charge in [-0.25, -0.2) is 13.1 Å². The van der Waals surface area contributed by atoms with Crippen molar-refractivity contribution in [2.75, 3.05) is 14.2 Å².